The van der Waals surface area contributed by atoms with Crippen molar-refractivity contribution in [3.05, 3.63) is 42.1 Å². The molecule has 1 saturated heterocycles. The number of ether oxygens (including phenoxy) is 1. The molecule has 0 aromatic heterocycles. The molecular weight excluding hydrogens is 324 g/mol. The Kier molecular flexibility index (Phi) is 7.55. The Labute approximate surface area is 158 Å². The molecule has 0 radical (unpaired) electrons. The zero-order valence-corrected chi connectivity index (χ0v) is 16.9. The van der Waals surface area contributed by atoms with E-state index in [1.54, 1.807) is 0 Å². The van der Waals surface area contributed by atoms with E-state index in [4.69, 9.17) is 4.74 Å². The fourth-order valence-corrected chi connectivity index (χ4v) is 3.26. The van der Waals surface area contributed by atoms with Crippen molar-refractivity contribution in [1.29, 1.82) is 0 Å². The lowest BCUT2D eigenvalue weighted by molar-refractivity contribution is 0.0973. The van der Waals surface area contributed by atoms with Crippen molar-refractivity contribution in [2.45, 2.75) is 59.4 Å². The number of anilines is 1. The summed E-state index contributed by atoms with van der Waals surface area (Å²) < 4.78 is 5.14. The molecule has 1 aliphatic rings. The zero-order chi connectivity index (χ0) is 19.1. The van der Waals surface area contributed by atoms with Gasteiger partial charge in [0.05, 0.1) is 6.61 Å². The molecule has 144 valence electrons. The Balaban J connectivity index is 2.12. The summed E-state index contributed by atoms with van der Waals surface area (Å²) in [5.41, 5.74) is 2.58. The molecule has 1 amide bonds. The number of piperidine rings is 1. The second-order valence-electron chi connectivity index (χ2n) is 7.66. The molecule has 0 N–H and O–H groups in total. The fourth-order valence-electron chi connectivity index (χ4n) is 3.26. The molecule has 0 saturated carbocycles. The lowest BCUT2D eigenvalue weighted by Crippen LogP contribution is -2.45. The second kappa shape index (κ2) is 9.65. The first kappa shape index (κ1) is 20.3. The highest BCUT2D eigenvalue weighted by atomic mass is 16.6. The summed E-state index contributed by atoms with van der Waals surface area (Å²) in [7, 11) is 0. The molecule has 1 aliphatic heterocycles. The summed E-state index contributed by atoms with van der Waals surface area (Å²) in [6, 6.07) is 9.30. The van der Waals surface area contributed by atoms with Crippen molar-refractivity contribution >= 4 is 11.8 Å². The largest absolute Gasteiger partial charge is 0.450 e. The first-order chi connectivity index (χ1) is 12.4. The van der Waals surface area contributed by atoms with Crippen LogP contribution in [0.1, 0.15) is 58.9 Å². The van der Waals surface area contributed by atoms with Gasteiger partial charge in [-0.3, -0.25) is 0 Å². The number of allylic oxidation sites excluding steroid dienone is 1. The van der Waals surface area contributed by atoms with Crippen LogP contribution in [-0.4, -0.2) is 36.7 Å². The van der Waals surface area contributed by atoms with Crippen LogP contribution in [0.25, 0.3) is 0 Å². The number of amides is 1. The molecule has 1 aromatic rings. The van der Waals surface area contributed by atoms with Gasteiger partial charge in [0.25, 0.3) is 0 Å². The minimum absolute atomic E-state index is 0.184. The number of nitrogens with zero attached hydrogens (tertiary/aromatic N) is 2. The van der Waals surface area contributed by atoms with E-state index in [0.717, 1.165) is 25.9 Å². The SMILES string of the molecule is CCOC(=O)N1CCC(N(/C=C/C(C)C)c2ccc(C(C)C)cc2)CC1. The number of hydrogen-bond acceptors (Lipinski definition) is 3. The Hall–Kier alpha value is -1.97. The van der Waals surface area contributed by atoms with Crippen LogP contribution >= 0.6 is 0 Å². The quantitative estimate of drug-likeness (QED) is 0.682. The Bertz CT molecular complexity index is 585. The number of carbonyl (C=O) groups excluding carboxylic acids is 1. The van der Waals surface area contributed by atoms with Gasteiger partial charge in [-0.05, 0) is 49.3 Å². The lowest BCUT2D eigenvalue weighted by Gasteiger charge is -2.38. The summed E-state index contributed by atoms with van der Waals surface area (Å²) in [5, 5.41) is 0. The molecule has 0 unspecified atom stereocenters. The molecule has 1 heterocycles. The summed E-state index contributed by atoms with van der Waals surface area (Å²) in [5.74, 6) is 1.04. The predicted molar refractivity (Wildman–Crippen MR) is 109 cm³/mol. The summed E-state index contributed by atoms with van der Waals surface area (Å²) >= 11 is 0. The van der Waals surface area contributed by atoms with Gasteiger partial charge in [0.2, 0.25) is 0 Å². The van der Waals surface area contributed by atoms with Crippen LogP contribution in [-0.2, 0) is 4.74 Å². The molecule has 1 aromatic carbocycles. The van der Waals surface area contributed by atoms with Gasteiger partial charge in [0, 0.05) is 31.0 Å². The Morgan fingerprint density at radius 1 is 1.19 bits per heavy atom. The van der Waals surface area contributed by atoms with Crippen LogP contribution in [0, 0.1) is 5.92 Å². The molecular formula is C22H34N2O2. The molecule has 4 nitrogen and oxygen atoms in total. The number of carbonyl (C=O) groups is 1. The number of benzene rings is 1. The molecule has 0 atom stereocenters. The van der Waals surface area contributed by atoms with Crippen molar-refractivity contribution in [3.8, 4) is 0 Å². The smallest absolute Gasteiger partial charge is 0.409 e. The highest BCUT2D eigenvalue weighted by Crippen LogP contribution is 2.27. The van der Waals surface area contributed by atoms with Gasteiger partial charge in [-0.2, -0.15) is 0 Å². The fraction of sp³-hybridized carbons (Fsp3) is 0.591. The molecule has 0 aliphatic carbocycles. The number of likely N-dealkylation sites (tertiary alicyclic amines) is 1. The molecule has 0 spiro atoms. The van der Waals surface area contributed by atoms with Crippen LogP contribution in [0.3, 0.4) is 0 Å². The normalized spacial score (nSPS) is 15.9. The van der Waals surface area contributed by atoms with E-state index in [1.807, 2.05) is 11.8 Å². The Morgan fingerprint density at radius 3 is 2.31 bits per heavy atom. The van der Waals surface area contributed by atoms with Gasteiger partial charge >= 0.3 is 6.09 Å². The average Bonchev–Trinajstić information content (AvgIpc) is 2.63. The van der Waals surface area contributed by atoms with E-state index in [1.165, 1.54) is 11.3 Å². The van der Waals surface area contributed by atoms with E-state index in [2.05, 4.69) is 69.1 Å². The van der Waals surface area contributed by atoms with Gasteiger partial charge in [0.15, 0.2) is 0 Å². The molecule has 1 fully saturated rings. The van der Waals surface area contributed by atoms with Crippen molar-refractivity contribution in [2.75, 3.05) is 24.6 Å². The van der Waals surface area contributed by atoms with Crippen molar-refractivity contribution in [2.24, 2.45) is 5.92 Å². The standard InChI is InChI=1S/C22H34N2O2/c1-6-26-22(25)23-14-12-21(13-15-23)24(16-11-17(2)3)20-9-7-19(8-10-20)18(4)5/h7-11,16-18,21H,6,12-15H2,1-5H3/b16-11+. The lowest BCUT2D eigenvalue weighted by atomic mass is 10.0. The highest BCUT2D eigenvalue weighted by Gasteiger charge is 2.27. The molecule has 4 heteroatoms. The van der Waals surface area contributed by atoms with E-state index >= 15 is 0 Å². The van der Waals surface area contributed by atoms with E-state index in [0.29, 0.717) is 24.5 Å². The van der Waals surface area contributed by atoms with Crippen molar-refractivity contribution in [3.63, 3.8) is 0 Å². The Morgan fingerprint density at radius 2 is 1.81 bits per heavy atom. The summed E-state index contributed by atoms with van der Waals surface area (Å²) in [6.45, 7) is 12.6. The maximum Gasteiger partial charge on any atom is 0.409 e. The van der Waals surface area contributed by atoms with E-state index in [9.17, 15) is 4.79 Å². The number of hydrogen-bond donors (Lipinski definition) is 0. The van der Waals surface area contributed by atoms with Crippen LogP contribution in [0.4, 0.5) is 10.5 Å². The molecule has 2 rings (SSSR count). The van der Waals surface area contributed by atoms with Gasteiger partial charge < -0.3 is 14.5 Å². The minimum atomic E-state index is -0.184. The maximum absolute atomic E-state index is 11.9. The third-order valence-corrected chi connectivity index (χ3v) is 4.87. The second-order valence-corrected chi connectivity index (χ2v) is 7.66. The molecule has 0 bridgehead atoms. The van der Waals surface area contributed by atoms with Crippen LogP contribution < -0.4 is 4.90 Å². The minimum Gasteiger partial charge on any atom is -0.450 e. The molecule has 26 heavy (non-hydrogen) atoms. The third kappa shape index (κ3) is 5.52. The number of rotatable bonds is 6. The van der Waals surface area contributed by atoms with Crippen LogP contribution in [0.2, 0.25) is 0 Å². The average molecular weight is 359 g/mol. The van der Waals surface area contributed by atoms with Gasteiger partial charge in [-0.15, -0.1) is 0 Å². The third-order valence-electron chi connectivity index (χ3n) is 4.87. The van der Waals surface area contributed by atoms with Crippen LogP contribution in [0.15, 0.2) is 36.5 Å². The maximum atomic E-state index is 11.9. The highest BCUT2D eigenvalue weighted by molar-refractivity contribution is 5.67. The predicted octanol–water partition coefficient (Wildman–Crippen LogP) is 5.41. The summed E-state index contributed by atoms with van der Waals surface area (Å²) in [4.78, 5) is 16.1. The van der Waals surface area contributed by atoms with Crippen LogP contribution in [0.5, 0.6) is 0 Å². The van der Waals surface area contributed by atoms with Crippen molar-refractivity contribution < 1.29 is 9.53 Å². The monoisotopic (exact) mass is 358 g/mol. The summed E-state index contributed by atoms with van der Waals surface area (Å²) in [6.07, 6.45) is 6.19. The van der Waals surface area contributed by atoms with Gasteiger partial charge in [-0.1, -0.05) is 45.9 Å². The van der Waals surface area contributed by atoms with Crippen molar-refractivity contribution in [1.82, 2.24) is 4.90 Å². The van der Waals surface area contributed by atoms with Gasteiger partial charge in [0.1, 0.15) is 0 Å². The van der Waals surface area contributed by atoms with E-state index < -0.39 is 0 Å². The van der Waals surface area contributed by atoms with Gasteiger partial charge in [-0.25, -0.2) is 4.79 Å². The first-order valence-corrected chi connectivity index (χ1v) is 9.90. The topological polar surface area (TPSA) is 32.8 Å². The zero-order valence-electron chi connectivity index (χ0n) is 16.9. The first-order valence-electron chi connectivity index (χ1n) is 9.90. The van der Waals surface area contributed by atoms with E-state index in [-0.39, 0.29) is 6.09 Å².